The number of nitrogens with zero attached hydrogens (tertiary/aromatic N) is 3. The molecule has 4 aromatic rings. The van der Waals surface area contributed by atoms with E-state index in [2.05, 4.69) is 39.6 Å². The van der Waals surface area contributed by atoms with E-state index >= 15 is 0 Å². The van der Waals surface area contributed by atoms with Crippen LogP contribution in [0.2, 0.25) is 5.02 Å². The molecular weight excluding hydrogens is 536 g/mol. The van der Waals surface area contributed by atoms with Gasteiger partial charge in [-0.1, -0.05) is 72.3 Å². The number of likely N-dealkylation sites (tertiary alicyclic amines) is 1. The second kappa shape index (κ2) is 12.1. The topological polar surface area (TPSA) is 84.4 Å². The van der Waals surface area contributed by atoms with Crippen molar-refractivity contribution in [2.45, 2.75) is 31.2 Å². The van der Waals surface area contributed by atoms with Crippen LogP contribution in [0, 0.1) is 5.92 Å². The van der Waals surface area contributed by atoms with Crippen LogP contribution >= 0.6 is 11.6 Å². The van der Waals surface area contributed by atoms with Crippen molar-refractivity contribution >= 4 is 23.6 Å². The molecule has 0 saturated carbocycles. The number of aromatic nitrogens is 2. The molecule has 1 aliphatic carbocycles. The standard InChI is InChI=1S/C33H31ClN4O3/c34-24-8-5-7-22(19-24)20-30(23-13-17-38(18-14-23)32(39)31-35-15-6-16-36-31)37-33(40)41-21-29-27-11-3-1-9-25(27)26-10-2-4-12-28(26)29/h1-12,15-16,19,23,29-30H,13-14,17-18,20-21H2,(H,37,40). The Morgan fingerprint density at radius 3 is 2.22 bits per heavy atom. The van der Waals surface area contributed by atoms with E-state index in [0.29, 0.717) is 24.5 Å². The highest BCUT2D eigenvalue weighted by Crippen LogP contribution is 2.44. The third-order valence-electron chi connectivity index (χ3n) is 8.14. The van der Waals surface area contributed by atoms with E-state index in [1.54, 1.807) is 23.4 Å². The molecule has 1 unspecified atom stereocenters. The predicted molar refractivity (Wildman–Crippen MR) is 158 cm³/mol. The summed E-state index contributed by atoms with van der Waals surface area (Å²) in [7, 11) is 0. The summed E-state index contributed by atoms with van der Waals surface area (Å²) in [6.07, 6.45) is 4.82. The maximum atomic E-state index is 13.3. The number of benzene rings is 3. The highest BCUT2D eigenvalue weighted by Gasteiger charge is 2.32. The number of carbonyl (C=O) groups is 2. The molecule has 1 saturated heterocycles. The van der Waals surface area contributed by atoms with Gasteiger partial charge in [-0.3, -0.25) is 4.79 Å². The lowest BCUT2D eigenvalue weighted by atomic mass is 9.86. The zero-order valence-electron chi connectivity index (χ0n) is 22.6. The maximum Gasteiger partial charge on any atom is 0.407 e. The molecule has 0 bridgehead atoms. The Bertz CT molecular complexity index is 1490. The van der Waals surface area contributed by atoms with Crippen LogP contribution in [0.25, 0.3) is 11.1 Å². The molecule has 2 heterocycles. The van der Waals surface area contributed by atoms with E-state index in [1.165, 1.54) is 22.3 Å². The van der Waals surface area contributed by atoms with Crippen molar-refractivity contribution in [2.24, 2.45) is 5.92 Å². The normalized spacial score (nSPS) is 15.6. The number of rotatable bonds is 7. The number of hydrogen-bond acceptors (Lipinski definition) is 5. The highest BCUT2D eigenvalue weighted by atomic mass is 35.5. The Morgan fingerprint density at radius 2 is 1.56 bits per heavy atom. The SMILES string of the molecule is O=C(NC(Cc1cccc(Cl)c1)C1CCN(C(=O)c2ncccn2)CC1)OCC1c2ccccc2-c2ccccc21. The summed E-state index contributed by atoms with van der Waals surface area (Å²) in [6, 6.07) is 25.8. The van der Waals surface area contributed by atoms with Crippen molar-refractivity contribution in [3.05, 3.63) is 119 Å². The van der Waals surface area contributed by atoms with Crippen LogP contribution < -0.4 is 5.32 Å². The van der Waals surface area contributed by atoms with Gasteiger partial charge in [0.15, 0.2) is 0 Å². The number of halogens is 1. The van der Waals surface area contributed by atoms with Gasteiger partial charge in [-0.2, -0.15) is 0 Å². The number of ether oxygens (including phenoxy) is 1. The highest BCUT2D eigenvalue weighted by molar-refractivity contribution is 6.30. The van der Waals surface area contributed by atoms with E-state index in [9.17, 15) is 9.59 Å². The molecule has 3 aromatic carbocycles. The van der Waals surface area contributed by atoms with Crippen molar-refractivity contribution in [2.75, 3.05) is 19.7 Å². The Morgan fingerprint density at radius 1 is 0.902 bits per heavy atom. The number of alkyl carbamates (subject to hydrolysis) is 1. The van der Waals surface area contributed by atoms with E-state index in [-0.39, 0.29) is 36.2 Å². The first-order valence-corrected chi connectivity index (χ1v) is 14.4. The summed E-state index contributed by atoms with van der Waals surface area (Å²) in [6.45, 7) is 1.40. The quantitative estimate of drug-likeness (QED) is 0.291. The minimum atomic E-state index is -0.435. The summed E-state index contributed by atoms with van der Waals surface area (Å²) in [4.78, 5) is 36.1. The van der Waals surface area contributed by atoms with Gasteiger partial charge in [0.05, 0.1) is 0 Å². The van der Waals surface area contributed by atoms with Crippen molar-refractivity contribution in [3.8, 4) is 11.1 Å². The van der Waals surface area contributed by atoms with Crippen LogP contribution in [-0.2, 0) is 11.2 Å². The largest absolute Gasteiger partial charge is 0.449 e. The van der Waals surface area contributed by atoms with Gasteiger partial charge < -0.3 is 15.0 Å². The Kier molecular flexibility index (Phi) is 7.96. The predicted octanol–water partition coefficient (Wildman–Crippen LogP) is 6.13. The smallest absolute Gasteiger partial charge is 0.407 e. The fourth-order valence-corrected chi connectivity index (χ4v) is 6.31. The van der Waals surface area contributed by atoms with Crippen LogP contribution in [0.15, 0.2) is 91.3 Å². The summed E-state index contributed by atoms with van der Waals surface area (Å²) >= 11 is 6.27. The second-order valence-electron chi connectivity index (χ2n) is 10.6. The van der Waals surface area contributed by atoms with E-state index in [4.69, 9.17) is 16.3 Å². The number of carbonyl (C=O) groups excluding carboxylic acids is 2. The first-order valence-electron chi connectivity index (χ1n) is 14.0. The van der Waals surface area contributed by atoms with Gasteiger partial charge >= 0.3 is 6.09 Å². The van der Waals surface area contributed by atoms with Crippen molar-refractivity contribution in [1.82, 2.24) is 20.2 Å². The molecule has 8 heteroatoms. The average molecular weight is 567 g/mol. The lowest BCUT2D eigenvalue weighted by molar-refractivity contribution is 0.0651. The van der Waals surface area contributed by atoms with Gasteiger partial charge in [-0.15, -0.1) is 0 Å². The lowest BCUT2D eigenvalue weighted by Gasteiger charge is -2.36. The number of amides is 2. The molecule has 1 aromatic heterocycles. The minimum Gasteiger partial charge on any atom is -0.449 e. The monoisotopic (exact) mass is 566 g/mol. The zero-order chi connectivity index (χ0) is 28.2. The van der Waals surface area contributed by atoms with Crippen LogP contribution in [0.3, 0.4) is 0 Å². The molecule has 1 aliphatic heterocycles. The molecule has 1 fully saturated rings. The fraction of sp³-hybridized carbons (Fsp3) is 0.273. The number of hydrogen-bond donors (Lipinski definition) is 1. The van der Waals surface area contributed by atoms with Gasteiger partial charge in [0, 0.05) is 42.5 Å². The third kappa shape index (κ3) is 5.95. The molecule has 7 nitrogen and oxygen atoms in total. The average Bonchev–Trinajstić information content (AvgIpc) is 3.33. The van der Waals surface area contributed by atoms with Crippen LogP contribution in [-0.4, -0.2) is 52.6 Å². The minimum absolute atomic E-state index is 0.00557. The van der Waals surface area contributed by atoms with E-state index < -0.39 is 6.09 Å². The molecule has 6 rings (SSSR count). The molecule has 208 valence electrons. The van der Waals surface area contributed by atoms with Crippen molar-refractivity contribution in [3.63, 3.8) is 0 Å². The zero-order valence-corrected chi connectivity index (χ0v) is 23.3. The number of fused-ring (bicyclic) bond motifs is 3. The molecule has 0 spiro atoms. The molecule has 2 amide bonds. The Hall–Kier alpha value is -4.23. The van der Waals surface area contributed by atoms with Gasteiger partial charge in [0.2, 0.25) is 5.82 Å². The second-order valence-corrected chi connectivity index (χ2v) is 11.0. The summed E-state index contributed by atoms with van der Waals surface area (Å²) < 4.78 is 5.88. The number of nitrogens with one attached hydrogen (secondary N) is 1. The van der Waals surface area contributed by atoms with E-state index in [1.807, 2.05) is 48.5 Å². The van der Waals surface area contributed by atoms with Gasteiger partial charge in [-0.25, -0.2) is 14.8 Å². The Balaban J connectivity index is 1.13. The van der Waals surface area contributed by atoms with Crippen molar-refractivity contribution in [1.29, 1.82) is 0 Å². The maximum absolute atomic E-state index is 13.3. The van der Waals surface area contributed by atoms with Crippen LogP contribution in [0.5, 0.6) is 0 Å². The third-order valence-corrected chi connectivity index (χ3v) is 8.38. The fourth-order valence-electron chi connectivity index (χ4n) is 6.10. The molecule has 41 heavy (non-hydrogen) atoms. The molecular formula is C33H31ClN4O3. The molecule has 1 atom stereocenters. The van der Waals surface area contributed by atoms with Gasteiger partial charge in [0.25, 0.3) is 5.91 Å². The summed E-state index contributed by atoms with van der Waals surface area (Å²) in [5.74, 6) is 0.197. The van der Waals surface area contributed by atoms with Gasteiger partial charge in [-0.05, 0) is 71.2 Å². The molecule has 0 radical (unpaired) electrons. The molecule has 2 aliphatic rings. The first kappa shape index (κ1) is 27.0. The van der Waals surface area contributed by atoms with E-state index in [0.717, 1.165) is 18.4 Å². The van der Waals surface area contributed by atoms with Crippen LogP contribution in [0.1, 0.15) is 46.1 Å². The number of piperidine rings is 1. The lowest BCUT2D eigenvalue weighted by Crippen LogP contribution is -2.48. The Labute approximate surface area is 244 Å². The van der Waals surface area contributed by atoms with Crippen molar-refractivity contribution < 1.29 is 14.3 Å². The van der Waals surface area contributed by atoms with Gasteiger partial charge in [0.1, 0.15) is 6.61 Å². The summed E-state index contributed by atoms with van der Waals surface area (Å²) in [5.41, 5.74) is 5.78. The van der Waals surface area contributed by atoms with Crippen LogP contribution in [0.4, 0.5) is 4.79 Å². The molecule has 1 N–H and O–H groups in total. The summed E-state index contributed by atoms with van der Waals surface area (Å²) in [5, 5.41) is 3.83. The first-order chi connectivity index (χ1) is 20.1.